The summed E-state index contributed by atoms with van der Waals surface area (Å²) in [5.74, 6) is -0.743. The van der Waals surface area contributed by atoms with Crippen molar-refractivity contribution in [2.75, 3.05) is 0 Å². The van der Waals surface area contributed by atoms with E-state index in [1.165, 1.54) is 12.3 Å². The van der Waals surface area contributed by atoms with Crippen molar-refractivity contribution < 1.29 is 14.7 Å². The van der Waals surface area contributed by atoms with Gasteiger partial charge in [-0.2, -0.15) is 0 Å². The summed E-state index contributed by atoms with van der Waals surface area (Å²) in [6.45, 7) is 3.86. The number of aromatic nitrogens is 2. The van der Waals surface area contributed by atoms with E-state index >= 15 is 0 Å². The van der Waals surface area contributed by atoms with E-state index in [1.807, 2.05) is 13.8 Å². The van der Waals surface area contributed by atoms with Gasteiger partial charge in [0.1, 0.15) is 17.1 Å². The summed E-state index contributed by atoms with van der Waals surface area (Å²) in [5, 5.41) is 11.8. The number of carbonyl (C=O) groups is 2. The van der Waals surface area contributed by atoms with Gasteiger partial charge in [0, 0.05) is 12.1 Å². The lowest BCUT2D eigenvalue weighted by atomic mass is 9.76. The summed E-state index contributed by atoms with van der Waals surface area (Å²) in [6, 6.07) is 1.50. The van der Waals surface area contributed by atoms with Gasteiger partial charge in [-0.3, -0.25) is 4.79 Å². The molecule has 0 atom stereocenters. The molecule has 1 aromatic rings. The highest BCUT2D eigenvalue weighted by molar-refractivity contribution is 5.96. The van der Waals surface area contributed by atoms with E-state index in [9.17, 15) is 14.7 Å². The van der Waals surface area contributed by atoms with Crippen molar-refractivity contribution >= 4 is 11.9 Å². The third kappa shape index (κ3) is 2.57. The van der Waals surface area contributed by atoms with E-state index in [1.54, 1.807) is 0 Å². The summed E-state index contributed by atoms with van der Waals surface area (Å²) >= 11 is 0. The van der Waals surface area contributed by atoms with Crippen LogP contribution in [-0.2, 0) is 4.79 Å². The molecule has 1 saturated carbocycles. The fourth-order valence-corrected chi connectivity index (χ4v) is 1.98. The average molecular weight is 263 g/mol. The molecule has 2 N–H and O–H groups in total. The van der Waals surface area contributed by atoms with Crippen LogP contribution in [0.2, 0.25) is 0 Å². The molecule has 1 aliphatic carbocycles. The van der Waals surface area contributed by atoms with Gasteiger partial charge in [0.05, 0.1) is 0 Å². The Morgan fingerprint density at radius 3 is 2.58 bits per heavy atom. The van der Waals surface area contributed by atoms with E-state index in [0.717, 1.165) is 6.42 Å². The fraction of sp³-hybridized carbons (Fsp3) is 0.538. The molecule has 19 heavy (non-hydrogen) atoms. The smallest absolute Gasteiger partial charge is 0.329 e. The van der Waals surface area contributed by atoms with Gasteiger partial charge < -0.3 is 10.4 Å². The van der Waals surface area contributed by atoms with Crippen LogP contribution >= 0.6 is 0 Å². The third-order valence-electron chi connectivity index (χ3n) is 3.39. The van der Waals surface area contributed by atoms with Crippen molar-refractivity contribution in [1.82, 2.24) is 15.3 Å². The van der Waals surface area contributed by atoms with Crippen molar-refractivity contribution in [2.24, 2.45) is 0 Å². The van der Waals surface area contributed by atoms with Crippen LogP contribution in [0.4, 0.5) is 0 Å². The summed E-state index contributed by atoms with van der Waals surface area (Å²) < 4.78 is 0. The molecule has 1 aromatic heterocycles. The van der Waals surface area contributed by atoms with Gasteiger partial charge in [-0.1, -0.05) is 13.8 Å². The first-order valence-corrected chi connectivity index (χ1v) is 6.33. The monoisotopic (exact) mass is 263 g/mol. The lowest BCUT2D eigenvalue weighted by Gasteiger charge is -2.38. The van der Waals surface area contributed by atoms with Crippen LogP contribution in [-0.4, -0.2) is 32.5 Å². The molecule has 6 heteroatoms. The summed E-state index contributed by atoms with van der Waals surface area (Å²) in [7, 11) is 0. The molecule has 1 heterocycles. The molecule has 0 spiro atoms. The second-order valence-corrected chi connectivity index (χ2v) is 5.15. The number of nitrogens with zero attached hydrogens (tertiary/aromatic N) is 2. The van der Waals surface area contributed by atoms with E-state index in [4.69, 9.17) is 0 Å². The molecule has 6 nitrogen and oxygen atoms in total. The summed E-state index contributed by atoms with van der Waals surface area (Å²) in [5.41, 5.74) is -0.897. The molecule has 0 unspecified atom stereocenters. The SMILES string of the molecule is CC(C)c1nccc(C(=O)NC2(C(=O)O)CCC2)n1. The lowest BCUT2D eigenvalue weighted by Crippen LogP contribution is -2.59. The number of rotatable bonds is 4. The predicted octanol–water partition coefficient (Wildman–Crippen LogP) is 1.34. The Bertz CT molecular complexity index is 510. The van der Waals surface area contributed by atoms with Gasteiger partial charge in [-0.25, -0.2) is 14.8 Å². The van der Waals surface area contributed by atoms with Gasteiger partial charge in [0.25, 0.3) is 5.91 Å². The number of hydrogen-bond donors (Lipinski definition) is 2. The summed E-state index contributed by atoms with van der Waals surface area (Å²) in [4.78, 5) is 31.5. The minimum atomic E-state index is -1.11. The molecular weight excluding hydrogens is 246 g/mol. The van der Waals surface area contributed by atoms with Crippen molar-refractivity contribution in [3.05, 3.63) is 23.8 Å². The molecule has 1 aliphatic rings. The van der Waals surface area contributed by atoms with Crippen LogP contribution in [0.1, 0.15) is 55.3 Å². The second kappa shape index (κ2) is 4.95. The van der Waals surface area contributed by atoms with E-state index in [0.29, 0.717) is 18.7 Å². The molecule has 0 bridgehead atoms. The van der Waals surface area contributed by atoms with Crippen LogP contribution in [0.3, 0.4) is 0 Å². The number of aliphatic carboxylic acids is 1. The standard InChI is InChI=1S/C13H17N3O3/c1-8(2)10-14-7-4-9(15-10)11(17)16-13(12(18)19)5-3-6-13/h4,7-8H,3,5-6H2,1-2H3,(H,16,17)(H,18,19). The highest BCUT2D eigenvalue weighted by atomic mass is 16.4. The minimum absolute atomic E-state index is 0.116. The first-order chi connectivity index (χ1) is 8.94. The van der Waals surface area contributed by atoms with E-state index in [-0.39, 0.29) is 11.6 Å². The molecule has 0 saturated heterocycles. The fourth-order valence-electron chi connectivity index (χ4n) is 1.98. The zero-order valence-electron chi connectivity index (χ0n) is 11.0. The first kappa shape index (κ1) is 13.5. The molecular formula is C13H17N3O3. The maximum Gasteiger partial charge on any atom is 0.329 e. The van der Waals surface area contributed by atoms with Crippen molar-refractivity contribution in [3.63, 3.8) is 0 Å². The molecule has 0 radical (unpaired) electrons. The Balaban J connectivity index is 2.16. The Morgan fingerprint density at radius 2 is 2.11 bits per heavy atom. The zero-order valence-corrected chi connectivity index (χ0v) is 11.0. The molecule has 1 fully saturated rings. The van der Waals surface area contributed by atoms with Crippen LogP contribution in [0.15, 0.2) is 12.3 Å². The lowest BCUT2D eigenvalue weighted by molar-refractivity contribution is -0.148. The number of amides is 1. The number of hydrogen-bond acceptors (Lipinski definition) is 4. The normalized spacial score (nSPS) is 16.8. The predicted molar refractivity (Wildman–Crippen MR) is 67.8 cm³/mol. The number of carbonyl (C=O) groups excluding carboxylic acids is 1. The highest BCUT2D eigenvalue weighted by Gasteiger charge is 2.45. The first-order valence-electron chi connectivity index (χ1n) is 6.33. The Morgan fingerprint density at radius 1 is 1.42 bits per heavy atom. The third-order valence-corrected chi connectivity index (χ3v) is 3.39. The largest absolute Gasteiger partial charge is 0.480 e. The molecule has 0 aliphatic heterocycles. The van der Waals surface area contributed by atoms with Gasteiger partial charge in [0.2, 0.25) is 0 Å². The van der Waals surface area contributed by atoms with Crippen LogP contribution in [0.5, 0.6) is 0 Å². The number of nitrogens with one attached hydrogen (secondary N) is 1. The van der Waals surface area contributed by atoms with E-state index in [2.05, 4.69) is 15.3 Å². The number of carboxylic acids is 1. The summed E-state index contributed by atoms with van der Waals surface area (Å²) in [6.07, 6.45) is 3.27. The van der Waals surface area contributed by atoms with Crippen LogP contribution < -0.4 is 5.32 Å². The quantitative estimate of drug-likeness (QED) is 0.855. The van der Waals surface area contributed by atoms with Crippen molar-refractivity contribution in [3.8, 4) is 0 Å². The second-order valence-electron chi connectivity index (χ2n) is 5.15. The Labute approximate surface area is 111 Å². The molecule has 1 amide bonds. The van der Waals surface area contributed by atoms with Crippen molar-refractivity contribution in [2.45, 2.75) is 44.6 Å². The topological polar surface area (TPSA) is 92.2 Å². The van der Waals surface area contributed by atoms with Gasteiger partial charge >= 0.3 is 5.97 Å². The maximum atomic E-state index is 12.1. The Hall–Kier alpha value is -1.98. The maximum absolute atomic E-state index is 12.1. The van der Waals surface area contributed by atoms with Gasteiger partial charge in [0.15, 0.2) is 0 Å². The zero-order chi connectivity index (χ0) is 14.0. The molecule has 102 valence electrons. The Kier molecular flexibility index (Phi) is 3.50. The van der Waals surface area contributed by atoms with Gasteiger partial charge in [-0.05, 0) is 25.3 Å². The van der Waals surface area contributed by atoms with E-state index < -0.39 is 17.4 Å². The van der Waals surface area contributed by atoms with Crippen molar-refractivity contribution in [1.29, 1.82) is 0 Å². The highest BCUT2D eigenvalue weighted by Crippen LogP contribution is 2.32. The molecule has 0 aromatic carbocycles. The van der Waals surface area contributed by atoms with Gasteiger partial charge in [-0.15, -0.1) is 0 Å². The van der Waals surface area contributed by atoms with Crippen LogP contribution in [0, 0.1) is 0 Å². The minimum Gasteiger partial charge on any atom is -0.480 e. The molecule has 2 rings (SSSR count). The van der Waals surface area contributed by atoms with Crippen LogP contribution in [0.25, 0.3) is 0 Å². The average Bonchev–Trinajstić information content (AvgIpc) is 2.33. The number of carboxylic acid groups (broad SMARTS) is 1.